The number of amides is 2. The van der Waals surface area contributed by atoms with Crippen molar-refractivity contribution in [1.82, 2.24) is 30.5 Å². The molecule has 0 saturated carbocycles. The molecular weight excluding hydrogens is 456 g/mol. The summed E-state index contributed by atoms with van der Waals surface area (Å²) < 4.78 is 5.47. The van der Waals surface area contributed by atoms with E-state index in [2.05, 4.69) is 25.6 Å². The van der Waals surface area contributed by atoms with Gasteiger partial charge in [-0.3, -0.25) is 14.8 Å². The Morgan fingerprint density at radius 2 is 1.88 bits per heavy atom. The number of piperidine rings is 1. The first-order valence-corrected chi connectivity index (χ1v) is 11.9. The van der Waals surface area contributed by atoms with Gasteiger partial charge in [0.1, 0.15) is 12.1 Å². The molecule has 1 unspecified atom stereocenters. The highest BCUT2D eigenvalue weighted by atomic mass is 35.5. The van der Waals surface area contributed by atoms with E-state index in [-0.39, 0.29) is 24.6 Å². The molecule has 2 N–H and O–H groups in total. The minimum absolute atomic E-state index is 0.0880. The van der Waals surface area contributed by atoms with Crippen LogP contribution in [0.4, 0.5) is 4.79 Å². The van der Waals surface area contributed by atoms with Crippen LogP contribution in [-0.2, 0) is 11.3 Å². The van der Waals surface area contributed by atoms with Gasteiger partial charge in [-0.1, -0.05) is 28.9 Å². The molecule has 0 bridgehead atoms. The maximum Gasteiger partial charge on any atom is 0.410 e. The molecule has 0 spiro atoms. The second-order valence-corrected chi connectivity index (χ2v) is 9.33. The molecule has 2 saturated heterocycles. The van der Waals surface area contributed by atoms with E-state index in [1.807, 2.05) is 18.2 Å². The van der Waals surface area contributed by atoms with Crippen LogP contribution in [0.5, 0.6) is 0 Å². The zero-order chi connectivity index (χ0) is 23.5. The number of aromatic nitrogens is 3. The minimum Gasteiger partial charge on any atom is -0.445 e. The lowest BCUT2D eigenvalue weighted by Crippen LogP contribution is -2.47. The van der Waals surface area contributed by atoms with E-state index in [1.54, 1.807) is 29.2 Å². The summed E-state index contributed by atoms with van der Waals surface area (Å²) in [5.41, 5.74) is 2.99. The number of hydrogen-bond acceptors (Lipinski definition) is 6. The summed E-state index contributed by atoms with van der Waals surface area (Å²) in [6.07, 6.45) is 2.45. The first kappa shape index (κ1) is 22.6. The number of nitrogens with one attached hydrogen (secondary N) is 2. The number of carbonyl (C=O) groups is 2. The summed E-state index contributed by atoms with van der Waals surface area (Å²) in [6.45, 7) is 3.36. The fraction of sp³-hybridized carbons (Fsp3) is 0.417. The van der Waals surface area contributed by atoms with Gasteiger partial charge in [0.25, 0.3) is 5.91 Å². The average molecular weight is 483 g/mol. The molecule has 1 aromatic heterocycles. The van der Waals surface area contributed by atoms with Crippen molar-refractivity contribution in [2.45, 2.75) is 38.0 Å². The predicted molar refractivity (Wildman–Crippen MR) is 128 cm³/mol. The zero-order valence-corrected chi connectivity index (χ0v) is 19.5. The van der Waals surface area contributed by atoms with Gasteiger partial charge in [-0.25, -0.2) is 4.79 Å². The smallest absolute Gasteiger partial charge is 0.410 e. The number of benzene rings is 2. The molecule has 2 amide bonds. The number of carbonyl (C=O) groups excluding carboxylic acids is 2. The Balaban J connectivity index is 1.06. The van der Waals surface area contributed by atoms with Crippen molar-refractivity contribution in [3.8, 4) is 0 Å². The van der Waals surface area contributed by atoms with Crippen LogP contribution in [0.15, 0.2) is 42.5 Å². The highest BCUT2D eigenvalue weighted by Crippen LogP contribution is 2.22. The topological polar surface area (TPSA) is 103 Å². The Morgan fingerprint density at radius 3 is 2.68 bits per heavy atom. The van der Waals surface area contributed by atoms with E-state index in [0.717, 1.165) is 43.4 Å². The largest absolute Gasteiger partial charge is 0.445 e. The van der Waals surface area contributed by atoms with Crippen LogP contribution in [0.25, 0.3) is 11.0 Å². The Bertz CT molecular complexity index is 1160. The lowest BCUT2D eigenvalue weighted by Gasteiger charge is -2.36. The van der Waals surface area contributed by atoms with Gasteiger partial charge in [0.15, 0.2) is 0 Å². The summed E-state index contributed by atoms with van der Waals surface area (Å²) in [5.74, 6) is -0.0880. The third-order valence-corrected chi connectivity index (χ3v) is 6.91. The summed E-state index contributed by atoms with van der Waals surface area (Å²) >= 11 is 5.89. The van der Waals surface area contributed by atoms with Crippen molar-refractivity contribution in [3.05, 3.63) is 58.6 Å². The molecule has 5 rings (SSSR count). The number of fused-ring (bicyclic) bond motifs is 1. The van der Waals surface area contributed by atoms with Crippen LogP contribution in [-0.4, -0.2) is 75.5 Å². The van der Waals surface area contributed by atoms with Crippen LogP contribution in [0.3, 0.4) is 0 Å². The van der Waals surface area contributed by atoms with Gasteiger partial charge in [-0.2, -0.15) is 0 Å². The third kappa shape index (κ3) is 5.15. The molecule has 0 radical (unpaired) electrons. The molecule has 0 aliphatic carbocycles. The number of nitrogens with zero attached hydrogens (tertiary/aromatic N) is 4. The lowest BCUT2D eigenvalue weighted by molar-refractivity contribution is 0.0718. The number of likely N-dealkylation sites (tertiary alicyclic amines) is 2. The molecule has 2 aliphatic heterocycles. The van der Waals surface area contributed by atoms with E-state index in [4.69, 9.17) is 16.3 Å². The molecule has 2 aromatic carbocycles. The van der Waals surface area contributed by atoms with Gasteiger partial charge < -0.3 is 15.0 Å². The van der Waals surface area contributed by atoms with E-state index < -0.39 is 0 Å². The van der Waals surface area contributed by atoms with Gasteiger partial charge >= 0.3 is 6.09 Å². The normalized spacial score (nSPS) is 19.4. The molecule has 2 aliphatic rings. The number of H-pyrrole nitrogens is 1. The highest BCUT2D eigenvalue weighted by molar-refractivity contribution is 6.30. The number of hydrogen-bond donors (Lipinski definition) is 2. The van der Waals surface area contributed by atoms with Crippen molar-refractivity contribution < 1.29 is 14.3 Å². The summed E-state index contributed by atoms with van der Waals surface area (Å²) in [6, 6.07) is 13.2. The third-order valence-electron chi connectivity index (χ3n) is 6.66. The molecule has 178 valence electrons. The highest BCUT2D eigenvalue weighted by Gasteiger charge is 2.32. The van der Waals surface area contributed by atoms with E-state index in [1.165, 1.54) is 0 Å². The summed E-state index contributed by atoms with van der Waals surface area (Å²) in [7, 11) is 0. The summed E-state index contributed by atoms with van der Waals surface area (Å²) in [4.78, 5) is 29.4. The Hall–Kier alpha value is -3.17. The number of ether oxygens (including phenoxy) is 1. The molecule has 2 fully saturated rings. The van der Waals surface area contributed by atoms with Gasteiger partial charge in [0.2, 0.25) is 0 Å². The number of halogens is 1. The van der Waals surface area contributed by atoms with Crippen LogP contribution in [0, 0.1) is 0 Å². The molecule has 9 nitrogen and oxygen atoms in total. The Kier molecular flexibility index (Phi) is 6.64. The molecule has 3 aromatic rings. The van der Waals surface area contributed by atoms with Crippen molar-refractivity contribution >= 4 is 34.6 Å². The molecule has 10 heteroatoms. The standard InChI is InChI=1S/C24H27ClN6O3/c25-18-4-1-16(2-5-18)15-34-24(33)30-11-8-20(9-12-30)31-10-7-19(14-31)26-23(32)17-3-6-21-22(13-17)28-29-27-21/h1-6,13,19-20H,7-12,14-15H2,(H,26,32)(H,27,28,29). The average Bonchev–Trinajstić information content (AvgIpc) is 3.52. The minimum atomic E-state index is -0.274. The predicted octanol–water partition coefficient (Wildman–Crippen LogP) is 3.22. The van der Waals surface area contributed by atoms with Crippen molar-refractivity contribution in [2.24, 2.45) is 0 Å². The second kappa shape index (κ2) is 9.99. The van der Waals surface area contributed by atoms with Gasteiger partial charge in [-0.05, 0) is 55.2 Å². The van der Waals surface area contributed by atoms with Crippen LogP contribution >= 0.6 is 11.6 Å². The van der Waals surface area contributed by atoms with Gasteiger partial charge in [0.05, 0.1) is 5.52 Å². The van der Waals surface area contributed by atoms with Gasteiger partial charge in [0, 0.05) is 48.8 Å². The monoisotopic (exact) mass is 482 g/mol. The molecule has 3 heterocycles. The maximum absolute atomic E-state index is 12.7. The SMILES string of the molecule is O=C(NC1CCN(C2CCN(C(=O)OCc3ccc(Cl)cc3)CC2)C1)c1ccc2[nH]nnc2c1. The van der Waals surface area contributed by atoms with Crippen LogP contribution < -0.4 is 5.32 Å². The first-order chi connectivity index (χ1) is 16.5. The lowest BCUT2D eigenvalue weighted by atomic mass is 10.0. The van der Waals surface area contributed by atoms with Crippen molar-refractivity contribution in [1.29, 1.82) is 0 Å². The van der Waals surface area contributed by atoms with Crippen molar-refractivity contribution in [3.63, 3.8) is 0 Å². The zero-order valence-electron chi connectivity index (χ0n) is 18.7. The Morgan fingerprint density at radius 1 is 1.09 bits per heavy atom. The molecular formula is C24H27ClN6O3. The summed E-state index contributed by atoms with van der Waals surface area (Å²) in [5, 5.41) is 14.3. The molecule has 34 heavy (non-hydrogen) atoms. The number of aromatic amines is 1. The second-order valence-electron chi connectivity index (χ2n) is 8.90. The van der Waals surface area contributed by atoms with E-state index in [0.29, 0.717) is 35.2 Å². The molecule has 1 atom stereocenters. The van der Waals surface area contributed by atoms with E-state index in [9.17, 15) is 9.59 Å². The quantitative estimate of drug-likeness (QED) is 0.578. The fourth-order valence-electron chi connectivity index (χ4n) is 4.72. The van der Waals surface area contributed by atoms with Crippen LogP contribution in [0.1, 0.15) is 35.2 Å². The fourth-order valence-corrected chi connectivity index (χ4v) is 4.84. The number of rotatable bonds is 5. The first-order valence-electron chi connectivity index (χ1n) is 11.6. The van der Waals surface area contributed by atoms with Gasteiger partial charge in [-0.15, -0.1) is 5.10 Å². The Labute approximate surface area is 202 Å². The van der Waals surface area contributed by atoms with Crippen LogP contribution in [0.2, 0.25) is 5.02 Å². The van der Waals surface area contributed by atoms with Crippen molar-refractivity contribution in [2.75, 3.05) is 26.2 Å². The van der Waals surface area contributed by atoms with E-state index >= 15 is 0 Å². The maximum atomic E-state index is 12.7.